The van der Waals surface area contributed by atoms with Gasteiger partial charge < -0.3 is 9.47 Å². The Hall–Kier alpha value is -2.20. The van der Waals surface area contributed by atoms with Gasteiger partial charge in [-0.1, -0.05) is 47.8 Å². The monoisotopic (exact) mass is 365 g/mol. The Morgan fingerprint density at radius 2 is 1.58 bits per heavy atom. The van der Waals surface area contributed by atoms with E-state index in [1.807, 2.05) is 13.8 Å². The maximum Gasteiger partial charge on any atom is 0.330 e. The SMILES string of the molecule is C=CC(=O)OCCCC(COC(=O)C=C)(N=C=O)C(C)(C)CC(C)(C)C. The van der Waals surface area contributed by atoms with Crippen LogP contribution in [-0.4, -0.2) is 36.8 Å². The Kier molecular flexibility index (Phi) is 9.22. The van der Waals surface area contributed by atoms with Crippen LogP contribution in [-0.2, 0) is 23.9 Å². The summed E-state index contributed by atoms with van der Waals surface area (Å²) in [7, 11) is 0. The third-order valence-corrected chi connectivity index (χ3v) is 4.26. The summed E-state index contributed by atoms with van der Waals surface area (Å²) >= 11 is 0. The second-order valence-electron chi connectivity index (χ2n) is 8.14. The molecule has 0 N–H and O–H groups in total. The zero-order valence-corrected chi connectivity index (χ0v) is 16.6. The Morgan fingerprint density at radius 3 is 2.04 bits per heavy atom. The minimum absolute atomic E-state index is 0.0368. The fourth-order valence-corrected chi connectivity index (χ4v) is 3.27. The highest BCUT2D eigenvalue weighted by atomic mass is 16.5. The molecule has 1 unspecified atom stereocenters. The van der Waals surface area contributed by atoms with Crippen LogP contribution in [0.2, 0.25) is 0 Å². The van der Waals surface area contributed by atoms with Crippen LogP contribution in [0.3, 0.4) is 0 Å². The highest BCUT2D eigenvalue weighted by Gasteiger charge is 2.47. The Morgan fingerprint density at radius 1 is 1.04 bits per heavy atom. The molecule has 0 aromatic heterocycles. The lowest BCUT2D eigenvalue weighted by Gasteiger charge is -2.45. The highest BCUT2D eigenvalue weighted by Crippen LogP contribution is 2.46. The highest BCUT2D eigenvalue weighted by molar-refractivity contribution is 5.81. The normalized spacial score (nSPS) is 13.7. The predicted molar refractivity (Wildman–Crippen MR) is 100 cm³/mol. The van der Waals surface area contributed by atoms with E-state index >= 15 is 0 Å². The quantitative estimate of drug-likeness (QED) is 0.183. The molecule has 0 fully saturated rings. The minimum Gasteiger partial charge on any atom is -0.463 e. The van der Waals surface area contributed by atoms with Crippen molar-refractivity contribution in [2.75, 3.05) is 13.2 Å². The molecule has 0 radical (unpaired) electrons. The first-order valence-corrected chi connectivity index (χ1v) is 8.60. The molecule has 6 heteroatoms. The van der Waals surface area contributed by atoms with E-state index in [-0.39, 0.29) is 18.6 Å². The summed E-state index contributed by atoms with van der Waals surface area (Å²) < 4.78 is 10.3. The van der Waals surface area contributed by atoms with Crippen LogP contribution in [0.4, 0.5) is 0 Å². The average molecular weight is 365 g/mol. The molecule has 26 heavy (non-hydrogen) atoms. The van der Waals surface area contributed by atoms with Crippen LogP contribution in [0.1, 0.15) is 53.9 Å². The van der Waals surface area contributed by atoms with Gasteiger partial charge in [0.1, 0.15) is 12.1 Å². The summed E-state index contributed by atoms with van der Waals surface area (Å²) in [6.07, 6.45) is 5.36. The zero-order chi connectivity index (χ0) is 20.4. The summed E-state index contributed by atoms with van der Waals surface area (Å²) in [5, 5.41) is 0. The van der Waals surface area contributed by atoms with Crippen LogP contribution >= 0.6 is 0 Å². The molecule has 0 spiro atoms. The first-order chi connectivity index (χ1) is 11.9. The summed E-state index contributed by atoms with van der Waals surface area (Å²) in [6, 6.07) is 0. The number of carbonyl (C=O) groups is 2. The summed E-state index contributed by atoms with van der Waals surface area (Å²) in [5.74, 6) is -1.10. The van der Waals surface area contributed by atoms with Gasteiger partial charge in [0.2, 0.25) is 6.08 Å². The van der Waals surface area contributed by atoms with Crippen molar-refractivity contribution in [2.45, 2.75) is 59.4 Å². The Balaban J connectivity index is 5.57. The largest absolute Gasteiger partial charge is 0.463 e. The fourth-order valence-electron chi connectivity index (χ4n) is 3.27. The second kappa shape index (κ2) is 10.1. The van der Waals surface area contributed by atoms with Gasteiger partial charge in [0.25, 0.3) is 0 Å². The van der Waals surface area contributed by atoms with E-state index < -0.39 is 22.9 Å². The van der Waals surface area contributed by atoms with Gasteiger partial charge in [0.05, 0.1) is 6.61 Å². The van der Waals surface area contributed by atoms with Crippen LogP contribution < -0.4 is 0 Å². The number of aliphatic imine (C=N–C) groups is 1. The van der Waals surface area contributed by atoms with Crippen molar-refractivity contribution in [3.05, 3.63) is 25.3 Å². The van der Waals surface area contributed by atoms with Crippen LogP contribution in [0.25, 0.3) is 0 Å². The predicted octanol–water partition coefficient (Wildman–Crippen LogP) is 3.76. The lowest BCUT2D eigenvalue weighted by molar-refractivity contribution is -0.141. The zero-order valence-electron chi connectivity index (χ0n) is 16.6. The lowest BCUT2D eigenvalue weighted by Crippen LogP contribution is -2.49. The van der Waals surface area contributed by atoms with Crippen LogP contribution in [0.15, 0.2) is 30.3 Å². The van der Waals surface area contributed by atoms with Crippen molar-refractivity contribution in [3.8, 4) is 0 Å². The number of nitrogens with zero attached hydrogens (tertiary/aromatic N) is 1. The van der Waals surface area contributed by atoms with Gasteiger partial charge in [-0.25, -0.2) is 14.4 Å². The molecule has 0 aliphatic heterocycles. The number of carbonyl (C=O) groups excluding carboxylic acids is 3. The third-order valence-electron chi connectivity index (χ3n) is 4.26. The molecular weight excluding hydrogens is 334 g/mol. The molecule has 146 valence electrons. The molecule has 6 nitrogen and oxygen atoms in total. The van der Waals surface area contributed by atoms with Crippen LogP contribution in [0, 0.1) is 10.8 Å². The van der Waals surface area contributed by atoms with Gasteiger partial charge in [0.15, 0.2) is 0 Å². The van der Waals surface area contributed by atoms with E-state index in [9.17, 15) is 14.4 Å². The van der Waals surface area contributed by atoms with Gasteiger partial charge in [-0.05, 0) is 30.1 Å². The topological polar surface area (TPSA) is 82.0 Å². The number of esters is 2. The van der Waals surface area contributed by atoms with Gasteiger partial charge in [-0.2, -0.15) is 4.99 Å². The van der Waals surface area contributed by atoms with E-state index in [0.717, 1.165) is 18.6 Å². The number of hydrogen-bond acceptors (Lipinski definition) is 6. The van der Waals surface area contributed by atoms with Gasteiger partial charge >= 0.3 is 11.9 Å². The smallest absolute Gasteiger partial charge is 0.330 e. The maximum atomic E-state index is 11.6. The van der Waals surface area contributed by atoms with Crippen molar-refractivity contribution >= 4 is 18.0 Å². The summed E-state index contributed by atoms with van der Waals surface area (Å²) in [6.45, 7) is 17.0. The van der Waals surface area contributed by atoms with Crippen molar-refractivity contribution in [1.82, 2.24) is 0 Å². The third kappa shape index (κ3) is 7.79. The molecular formula is C20H31NO5. The second-order valence-corrected chi connectivity index (χ2v) is 8.14. The molecule has 0 heterocycles. The molecule has 0 amide bonds. The van der Waals surface area contributed by atoms with Gasteiger partial charge in [-0.15, -0.1) is 0 Å². The van der Waals surface area contributed by atoms with E-state index in [1.165, 1.54) is 0 Å². The van der Waals surface area contributed by atoms with E-state index in [2.05, 4.69) is 38.9 Å². The molecule has 0 aromatic carbocycles. The maximum absolute atomic E-state index is 11.6. The first kappa shape index (κ1) is 23.8. The lowest BCUT2D eigenvalue weighted by atomic mass is 9.63. The van der Waals surface area contributed by atoms with E-state index in [1.54, 1.807) is 6.08 Å². The molecule has 0 aromatic rings. The molecule has 0 aliphatic rings. The average Bonchev–Trinajstić information content (AvgIpc) is 2.53. The Bertz CT molecular complexity index is 567. The molecule has 0 aliphatic carbocycles. The van der Waals surface area contributed by atoms with Crippen molar-refractivity contribution in [1.29, 1.82) is 0 Å². The number of ether oxygens (including phenoxy) is 2. The van der Waals surface area contributed by atoms with Gasteiger partial charge in [-0.3, -0.25) is 0 Å². The molecule has 0 saturated heterocycles. The minimum atomic E-state index is -0.985. The summed E-state index contributed by atoms with van der Waals surface area (Å²) in [4.78, 5) is 38.0. The summed E-state index contributed by atoms with van der Waals surface area (Å²) in [5.41, 5.74) is -1.50. The molecule has 0 rings (SSSR count). The van der Waals surface area contributed by atoms with Gasteiger partial charge in [0, 0.05) is 12.2 Å². The molecule has 0 bridgehead atoms. The number of hydrogen-bond donors (Lipinski definition) is 0. The Labute approximate surface area is 156 Å². The molecule has 1 atom stereocenters. The number of rotatable bonds is 11. The number of isocyanates is 1. The van der Waals surface area contributed by atoms with E-state index in [0.29, 0.717) is 12.8 Å². The fraction of sp³-hybridized carbons (Fsp3) is 0.650. The van der Waals surface area contributed by atoms with E-state index in [4.69, 9.17) is 9.47 Å². The standard InChI is InChI=1S/C20H31NO5/c1-8-16(23)25-12-10-11-20(21-15-22,14-26-17(24)9-2)19(6,7)13-18(3,4)5/h8-9H,1-2,10-14H2,3-7H3. The van der Waals surface area contributed by atoms with Crippen molar-refractivity contribution < 1.29 is 23.9 Å². The van der Waals surface area contributed by atoms with Crippen molar-refractivity contribution in [2.24, 2.45) is 15.8 Å². The van der Waals surface area contributed by atoms with Crippen molar-refractivity contribution in [3.63, 3.8) is 0 Å². The van der Waals surface area contributed by atoms with Crippen LogP contribution in [0.5, 0.6) is 0 Å². The first-order valence-electron chi connectivity index (χ1n) is 8.60. The molecule has 0 saturated carbocycles.